The van der Waals surface area contributed by atoms with Crippen molar-refractivity contribution in [2.24, 2.45) is 0 Å². The van der Waals surface area contributed by atoms with Crippen molar-refractivity contribution in [1.82, 2.24) is 71.8 Å². The maximum Gasteiger partial charge on any atom is 0.145 e. The molecule has 15 heteroatoms. The Balaban J connectivity index is 0.0000000939. The topological polar surface area (TPSA) is 138 Å². The molecular formula is C125H97N15. The van der Waals surface area contributed by atoms with Gasteiger partial charge in [-0.15, -0.1) is 0 Å². The highest BCUT2D eigenvalue weighted by Gasteiger charge is 2.20. The van der Waals surface area contributed by atoms with Crippen LogP contribution in [0.1, 0.15) is 38.9 Å². The third kappa shape index (κ3) is 16.7. The SMILES string of the molecule is Cc1ccc(-n2c3ccccc3c3ccccc32)cc1.Cc1ccc(-n2c3ccccc3c3cccnc32)cc1.Cc1ccc(-n2c3ccccc3c3ccncc32)cc1.Cc1ccc(-n2c3ccccc3c3cnccc32)cc1.Cc1ccc(-n2c3ccccc3c3ncccc32)cc1.Cc1ccc(-n2c3cccnc3c3ncccc32)cc1.Cc1ccc(-n2c3ccncc3c3cnccc32)cc1. The van der Waals surface area contributed by atoms with Crippen molar-refractivity contribution in [3.63, 3.8) is 0 Å². The molecule has 140 heavy (non-hydrogen) atoms. The number of aryl methyl sites for hydroxylation is 7. The Labute approximate surface area is 809 Å². The number of fused-ring (bicyclic) bond motifs is 21. The van der Waals surface area contributed by atoms with Crippen LogP contribution in [0.15, 0.2) is 463 Å². The second kappa shape index (κ2) is 38.2. The van der Waals surface area contributed by atoms with Crippen molar-refractivity contribution in [1.29, 1.82) is 0 Å². The minimum atomic E-state index is 0.948. The Hall–Kier alpha value is -18.3. The monoisotopic (exact) mass is 1810 g/mol. The van der Waals surface area contributed by atoms with Crippen molar-refractivity contribution in [2.45, 2.75) is 48.5 Å². The number of hydrogen-bond acceptors (Lipinski definition) is 8. The van der Waals surface area contributed by atoms with E-state index < -0.39 is 0 Å². The summed E-state index contributed by atoms with van der Waals surface area (Å²) in [6, 6.07) is 136. The Morgan fingerprint density at radius 1 is 0.136 bits per heavy atom. The van der Waals surface area contributed by atoms with E-state index in [4.69, 9.17) is 0 Å². The van der Waals surface area contributed by atoms with Gasteiger partial charge in [0.25, 0.3) is 0 Å². The quantitative estimate of drug-likeness (QED) is 0.154. The molecule has 28 aromatic rings. The van der Waals surface area contributed by atoms with Gasteiger partial charge in [0.15, 0.2) is 0 Å². The second-order valence-corrected chi connectivity index (χ2v) is 35.4. The van der Waals surface area contributed by atoms with Gasteiger partial charge in [-0.25, -0.2) is 4.98 Å². The molecule has 0 radical (unpaired) electrons. The summed E-state index contributed by atoms with van der Waals surface area (Å²) in [5.41, 5.74) is 36.4. The van der Waals surface area contributed by atoms with Gasteiger partial charge >= 0.3 is 0 Å². The number of aromatic nitrogens is 15. The molecular weight excluding hydrogens is 1710 g/mol. The Morgan fingerprint density at radius 3 is 0.700 bits per heavy atom. The van der Waals surface area contributed by atoms with Crippen molar-refractivity contribution >= 4 is 153 Å². The minimum absolute atomic E-state index is 0.948. The maximum absolute atomic E-state index is 4.58. The minimum Gasteiger partial charge on any atom is -0.309 e. The molecule has 672 valence electrons. The maximum atomic E-state index is 4.58. The van der Waals surface area contributed by atoms with Gasteiger partial charge in [-0.3, -0.25) is 39.5 Å². The first-order chi connectivity index (χ1) is 68.9. The zero-order valence-electron chi connectivity index (χ0n) is 78.6. The summed E-state index contributed by atoms with van der Waals surface area (Å²) < 4.78 is 15.9. The fourth-order valence-electron chi connectivity index (χ4n) is 19.3. The molecule has 0 N–H and O–H groups in total. The van der Waals surface area contributed by atoms with E-state index in [1.165, 1.54) is 149 Å². The van der Waals surface area contributed by atoms with Crippen LogP contribution in [0, 0.1) is 48.5 Å². The van der Waals surface area contributed by atoms with E-state index in [1.54, 1.807) is 0 Å². The summed E-state index contributed by atoms with van der Waals surface area (Å²) in [6.07, 6.45) is 22.4. The molecule has 0 bridgehead atoms. The first kappa shape index (κ1) is 87.0. The molecule has 0 spiro atoms. The van der Waals surface area contributed by atoms with Gasteiger partial charge in [0.1, 0.15) is 16.7 Å². The van der Waals surface area contributed by atoms with Crippen molar-refractivity contribution in [3.05, 3.63) is 502 Å². The summed E-state index contributed by atoms with van der Waals surface area (Å²) >= 11 is 0. The molecule has 15 aromatic heterocycles. The van der Waals surface area contributed by atoms with E-state index in [9.17, 15) is 0 Å². The van der Waals surface area contributed by atoms with Crippen molar-refractivity contribution in [3.8, 4) is 39.8 Å². The van der Waals surface area contributed by atoms with Crippen LogP contribution in [0.5, 0.6) is 0 Å². The predicted octanol–water partition coefficient (Wildman–Crippen LogP) is 30.8. The Kier molecular flexibility index (Phi) is 23.7. The van der Waals surface area contributed by atoms with E-state index >= 15 is 0 Å². The molecule has 13 aromatic carbocycles. The lowest BCUT2D eigenvalue weighted by atomic mass is 10.2. The molecule has 0 atom stereocenters. The highest BCUT2D eigenvalue weighted by Crippen LogP contribution is 2.39. The van der Waals surface area contributed by atoms with Crippen LogP contribution in [0.4, 0.5) is 0 Å². The molecule has 15 nitrogen and oxygen atoms in total. The summed E-state index contributed by atoms with van der Waals surface area (Å²) in [4.78, 5) is 35.2. The molecule has 0 saturated carbocycles. The van der Waals surface area contributed by atoms with E-state index in [0.717, 1.165) is 83.1 Å². The van der Waals surface area contributed by atoms with Gasteiger partial charge in [0.05, 0.1) is 83.4 Å². The van der Waals surface area contributed by atoms with Crippen LogP contribution in [-0.2, 0) is 0 Å². The summed E-state index contributed by atoms with van der Waals surface area (Å²) in [7, 11) is 0. The van der Waals surface area contributed by atoms with Crippen LogP contribution in [0.2, 0.25) is 0 Å². The molecule has 15 heterocycles. The van der Waals surface area contributed by atoms with Crippen molar-refractivity contribution < 1.29 is 0 Å². The lowest BCUT2D eigenvalue weighted by Gasteiger charge is -2.07. The number of pyridine rings is 8. The number of para-hydroxylation sites is 6. The van der Waals surface area contributed by atoms with E-state index in [-0.39, 0.29) is 0 Å². The van der Waals surface area contributed by atoms with Crippen LogP contribution < -0.4 is 0 Å². The first-order valence-electron chi connectivity index (χ1n) is 47.1. The molecule has 0 aliphatic heterocycles. The second-order valence-electron chi connectivity index (χ2n) is 35.4. The standard InChI is InChI=1S/C19H15N.4C18H14N2.2C17H13N3/c1-14-10-12-15(13-11-14)20-18-8-4-2-6-16(18)17-7-3-5-9-19(17)20;1-13-8-10-14(11-9-13)20-17-7-3-2-5-15(17)16-6-4-12-19-18(16)20;1-13-8-10-14(11-9-13)20-16-6-3-2-5-15(16)18-17(20)7-4-12-19-18;1-13-6-8-14(9-7-13)20-17-5-3-2-4-15(17)16-12-19-11-10-18(16)20;1-13-6-8-14(9-7-13)20-17-5-3-2-4-15(17)16-10-11-19-12-18(16)20;1-12-2-4-13(5-3-12)20-16-6-8-18-10-14(16)15-11-19-9-7-17(15)20;1-12-6-8-13(9-7-12)20-14-4-2-10-18-16(14)17-15(20)5-3-11-19-17/h2-13H,1H3;4*2-12H,1H3;2*2-11H,1H3. The highest BCUT2D eigenvalue weighted by molar-refractivity contribution is 6.14. The van der Waals surface area contributed by atoms with E-state index in [2.05, 4.69) is 484 Å². The van der Waals surface area contributed by atoms with Crippen LogP contribution in [-0.4, -0.2) is 71.8 Å². The lowest BCUT2D eigenvalue weighted by Crippen LogP contribution is -1.94. The molecule has 0 saturated heterocycles. The molecule has 0 fully saturated rings. The number of rotatable bonds is 7. The van der Waals surface area contributed by atoms with Crippen LogP contribution in [0.25, 0.3) is 193 Å². The van der Waals surface area contributed by atoms with Gasteiger partial charge in [0.2, 0.25) is 0 Å². The Morgan fingerprint density at radius 2 is 0.343 bits per heavy atom. The van der Waals surface area contributed by atoms with Crippen LogP contribution in [0.3, 0.4) is 0 Å². The van der Waals surface area contributed by atoms with Crippen molar-refractivity contribution in [2.75, 3.05) is 0 Å². The van der Waals surface area contributed by atoms with Gasteiger partial charge in [-0.05, 0) is 243 Å². The fraction of sp³-hybridized carbons (Fsp3) is 0.0560. The third-order valence-corrected chi connectivity index (χ3v) is 26.1. The summed E-state index contributed by atoms with van der Waals surface area (Å²) in [5, 5.41) is 13.5. The molecule has 0 amide bonds. The third-order valence-electron chi connectivity index (χ3n) is 26.1. The van der Waals surface area contributed by atoms with Crippen LogP contribution >= 0.6 is 0 Å². The predicted molar refractivity (Wildman–Crippen MR) is 581 cm³/mol. The molecule has 28 rings (SSSR count). The lowest BCUT2D eigenvalue weighted by molar-refractivity contribution is 1.13. The number of nitrogens with zero attached hydrogens (tertiary/aromatic N) is 15. The molecule has 0 unspecified atom stereocenters. The van der Waals surface area contributed by atoms with Gasteiger partial charge < -0.3 is 27.4 Å². The first-order valence-corrected chi connectivity index (χ1v) is 47.1. The molecule has 0 aliphatic rings. The normalized spacial score (nSPS) is 11.2. The Bertz CT molecular complexity index is 7470. The highest BCUT2D eigenvalue weighted by atomic mass is 15.1. The van der Waals surface area contributed by atoms with Gasteiger partial charge in [-0.2, -0.15) is 0 Å². The van der Waals surface area contributed by atoms with E-state index in [1.807, 2.05) is 98.6 Å². The van der Waals surface area contributed by atoms with Gasteiger partial charge in [0, 0.05) is 167 Å². The zero-order chi connectivity index (χ0) is 94.7. The number of hydrogen-bond donors (Lipinski definition) is 0. The average molecular weight is 1810 g/mol. The molecule has 0 aliphatic carbocycles. The fourth-order valence-corrected chi connectivity index (χ4v) is 19.3. The average Bonchev–Trinajstić information content (AvgIpc) is 1.64. The zero-order valence-corrected chi connectivity index (χ0v) is 78.6. The largest absolute Gasteiger partial charge is 0.309 e. The smallest absolute Gasteiger partial charge is 0.145 e. The summed E-state index contributed by atoms with van der Waals surface area (Å²) in [5.74, 6) is 0. The number of benzene rings is 13. The van der Waals surface area contributed by atoms with Gasteiger partial charge in [-0.1, -0.05) is 233 Å². The van der Waals surface area contributed by atoms with E-state index in [0.29, 0.717) is 0 Å². The summed E-state index contributed by atoms with van der Waals surface area (Å²) in [6.45, 7) is 14.7.